The fourth-order valence-electron chi connectivity index (χ4n) is 1.62. The van der Waals surface area contributed by atoms with Gasteiger partial charge in [-0.1, -0.05) is 6.92 Å². The first kappa shape index (κ1) is 10.5. The Balaban J connectivity index is 2.50. The average Bonchev–Trinajstić information content (AvgIpc) is 2.03. The van der Waals surface area contributed by atoms with Crippen LogP contribution in [0.2, 0.25) is 0 Å². The van der Waals surface area contributed by atoms with Crippen LogP contribution in [0.3, 0.4) is 0 Å². The Morgan fingerprint density at radius 3 is 2.23 bits per heavy atom. The lowest BCUT2D eigenvalue weighted by Gasteiger charge is -2.34. The molecule has 0 aromatic heterocycles. The highest BCUT2D eigenvalue weighted by Gasteiger charge is 2.29. The maximum absolute atomic E-state index is 11.7. The van der Waals surface area contributed by atoms with E-state index in [0.29, 0.717) is 0 Å². The molecule has 3 nitrogen and oxygen atoms in total. The molecule has 3 heteroatoms. The second kappa shape index (κ2) is 3.66. The minimum Gasteiger partial charge on any atom is -0.341 e. The van der Waals surface area contributed by atoms with Gasteiger partial charge in [0.1, 0.15) is 0 Å². The van der Waals surface area contributed by atoms with Crippen LogP contribution in [0.5, 0.6) is 0 Å². The van der Waals surface area contributed by atoms with Crippen LogP contribution in [0.25, 0.3) is 0 Å². The molecule has 1 saturated heterocycles. The van der Waals surface area contributed by atoms with E-state index in [9.17, 15) is 4.79 Å². The van der Waals surface area contributed by atoms with Crippen LogP contribution in [0.4, 0.5) is 0 Å². The molecule has 0 saturated carbocycles. The molecule has 1 rings (SSSR count). The number of hydrogen-bond acceptors (Lipinski definition) is 2. The van der Waals surface area contributed by atoms with Crippen molar-refractivity contribution in [1.29, 1.82) is 0 Å². The first-order valence-corrected chi connectivity index (χ1v) is 4.99. The molecule has 0 spiro atoms. The highest BCUT2D eigenvalue weighted by atomic mass is 16.2. The normalized spacial score (nSPS) is 20.5. The van der Waals surface area contributed by atoms with Crippen LogP contribution in [0.1, 0.15) is 33.6 Å². The summed E-state index contributed by atoms with van der Waals surface area (Å²) in [4.78, 5) is 13.6. The second-order valence-corrected chi connectivity index (χ2v) is 4.70. The number of hydrogen-bond donors (Lipinski definition) is 1. The van der Waals surface area contributed by atoms with Crippen LogP contribution in [-0.2, 0) is 4.79 Å². The third kappa shape index (κ3) is 2.69. The van der Waals surface area contributed by atoms with Gasteiger partial charge in [0.05, 0.1) is 5.54 Å². The summed E-state index contributed by atoms with van der Waals surface area (Å²) in [6, 6.07) is 0. The van der Waals surface area contributed by atoms with Crippen LogP contribution in [-0.4, -0.2) is 29.4 Å². The van der Waals surface area contributed by atoms with Crippen molar-refractivity contribution in [3.05, 3.63) is 0 Å². The molecule has 1 heterocycles. The zero-order valence-corrected chi connectivity index (χ0v) is 8.84. The van der Waals surface area contributed by atoms with Crippen molar-refractivity contribution in [3.8, 4) is 0 Å². The van der Waals surface area contributed by atoms with Crippen molar-refractivity contribution >= 4 is 5.91 Å². The molecular formula is C10H20N2O. The summed E-state index contributed by atoms with van der Waals surface area (Å²) in [5.41, 5.74) is 5.05. The number of carbonyl (C=O) groups excluding carboxylic acids is 1. The summed E-state index contributed by atoms with van der Waals surface area (Å²) in [5.74, 6) is 0.837. The highest BCUT2D eigenvalue weighted by Crippen LogP contribution is 2.18. The molecule has 0 aliphatic carbocycles. The van der Waals surface area contributed by atoms with E-state index >= 15 is 0 Å². The number of nitrogens with zero attached hydrogens (tertiary/aromatic N) is 1. The van der Waals surface area contributed by atoms with Gasteiger partial charge in [0.2, 0.25) is 5.91 Å². The highest BCUT2D eigenvalue weighted by molar-refractivity contribution is 5.85. The molecule has 76 valence electrons. The fourth-order valence-corrected chi connectivity index (χ4v) is 1.62. The molecule has 2 N–H and O–H groups in total. The predicted octanol–water partition coefficient (Wildman–Crippen LogP) is 0.982. The first-order valence-electron chi connectivity index (χ1n) is 4.99. The predicted molar refractivity (Wildman–Crippen MR) is 53.2 cm³/mol. The van der Waals surface area contributed by atoms with Gasteiger partial charge in [-0.2, -0.15) is 0 Å². The molecule has 1 fully saturated rings. The molecule has 0 unspecified atom stereocenters. The Hall–Kier alpha value is -0.570. The van der Waals surface area contributed by atoms with E-state index in [-0.39, 0.29) is 5.91 Å². The zero-order valence-electron chi connectivity index (χ0n) is 8.84. The Kier molecular flexibility index (Phi) is 2.96. The summed E-state index contributed by atoms with van der Waals surface area (Å²) in [6.45, 7) is 7.53. The van der Waals surface area contributed by atoms with Crippen molar-refractivity contribution < 1.29 is 4.79 Å². The molecule has 0 aromatic carbocycles. The minimum atomic E-state index is -0.708. The number of nitrogens with two attached hydrogens (primary N) is 1. The monoisotopic (exact) mass is 184 g/mol. The average molecular weight is 184 g/mol. The Morgan fingerprint density at radius 1 is 1.38 bits per heavy atom. The summed E-state index contributed by atoms with van der Waals surface area (Å²) in [7, 11) is 0. The largest absolute Gasteiger partial charge is 0.341 e. The summed E-state index contributed by atoms with van der Waals surface area (Å²) >= 11 is 0. The molecule has 0 atom stereocenters. The van der Waals surface area contributed by atoms with Gasteiger partial charge in [-0.15, -0.1) is 0 Å². The lowest BCUT2D eigenvalue weighted by Crippen LogP contribution is -2.53. The summed E-state index contributed by atoms with van der Waals surface area (Å²) in [6.07, 6.45) is 2.23. The van der Waals surface area contributed by atoms with Crippen molar-refractivity contribution in [1.82, 2.24) is 4.90 Å². The van der Waals surface area contributed by atoms with Crippen molar-refractivity contribution in [2.75, 3.05) is 13.1 Å². The molecule has 0 radical (unpaired) electrons. The van der Waals surface area contributed by atoms with Crippen LogP contribution in [0.15, 0.2) is 0 Å². The van der Waals surface area contributed by atoms with Crippen LogP contribution in [0, 0.1) is 5.92 Å². The SMILES string of the molecule is CC1CCN(C(=O)C(C)(C)N)CC1. The number of carbonyl (C=O) groups is 1. The Morgan fingerprint density at radius 2 is 1.85 bits per heavy atom. The van der Waals surface area contributed by atoms with Crippen molar-refractivity contribution in [3.63, 3.8) is 0 Å². The molecule has 0 bridgehead atoms. The Labute approximate surface area is 80.3 Å². The molecule has 13 heavy (non-hydrogen) atoms. The van der Waals surface area contributed by atoms with Gasteiger partial charge in [0.25, 0.3) is 0 Å². The quantitative estimate of drug-likeness (QED) is 0.660. The van der Waals surface area contributed by atoms with E-state index in [2.05, 4.69) is 6.92 Å². The molecular weight excluding hydrogens is 164 g/mol. The van der Waals surface area contributed by atoms with Gasteiger partial charge in [-0.05, 0) is 32.6 Å². The van der Waals surface area contributed by atoms with E-state index in [1.54, 1.807) is 13.8 Å². The molecule has 1 aliphatic heterocycles. The molecule has 0 aromatic rings. The standard InChI is InChI=1S/C10H20N2O/c1-8-4-6-12(7-5-8)9(13)10(2,3)11/h8H,4-7,11H2,1-3H3. The van der Waals surface area contributed by atoms with Gasteiger partial charge in [0.15, 0.2) is 0 Å². The van der Waals surface area contributed by atoms with Gasteiger partial charge in [0, 0.05) is 13.1 Å². The number of likely N-dealkylation sites (tertiary alicyclic amines) is 1. The maximum atomic E-state index is 11.7. The summed E-state index contributed by atoms with van der Waals surface area (Å²) < 4.78 is 0. The van der Waals surface area contributed by atoms with Crippen LogP contribution < -0.4 is 5.73 Å². The Bertz CT molecular complexity index is 188. The second-order valence-electron chi connectivity index (χ2n) is 4.70. The fraction of sp³-hybridized carbons (Fsp3) is 0.900. The zero-order chi connectivity index (χ0) is 10.1. The third-order valence-corrected chi connectivity index (χ3v) is 2.62. The van der Waals surface area contributed by atoms with Crippen molar-refractivity contribution in [2.45, 2.75) is 39.2 Å². The molecule has 1 amide bonds. The maximum Gasteiger partial charge on any atom is 0.242 e. The van der Waals surface area contributed by atoms with E-state index < -0.39 is 5.54 Å². The van der Waals surface area contributed by atoms with Gasteiger partial charge in [-0.3, -0.25) is 4.79 Å². The lowest BCUT2D eigenvalue weighted by atomic mass is 9.96. The summed E-state index contributed by atoms with van der Waals surface area (Å²) in [5, 5.41) is 0. The first-order chi connectivity index (χ1) is 5.91. The lowest BCUT2D eigenvalue weighted by molar-refractivity contribution is -0.137. The number of piperidine rings is 1. The number of rotatable bonds is 1. The minimum absolute atomic E-state index is 0.0828. The topological polar surface area (TPSA) is 46.3 Å². The van der Waals surface area contributed by atoms with E-state index in [0.717, 1.165) is 31.8 Å². The smallest absolute Gasteiger partial charge is 0.242 e. The van der Waals surface area contributed by atoms with Crippen molar-refractivity contribution in [2.24, 2.45) is 11.7 Å². The third-order valence-electron chi connectivity index (χ3n) is 2.62. The van der Waals surface area contributed by atoms with E-state index in [1.165, 1.54) is 0 Å². The number of amides is 1. The molecule has 1 aliphatic rings. The van der Waals surface area contributed by atoms with E-state index in [1.807, 2.05) is 4.90 Å². The van der Waals surface area contributed by atoms with Gasteiger partial charge in [-0.25, -0.2) is 0 Å². The van der Waals surface area contributed by atoms with Crippen LogP contribution >= 0.6 is 0 Å². The van der Waals surface area contributed by atoms with Gasteiger partial charge < -0.3 is 10.6 Å². The van der Waals surface area contributed by atoms with Gasteiger partial charge >= 0.3 is 0 Å². The van der Waals surface area contributed by atoms with E-state index in [4.69, 9.17) is 5.73 Å².